The Labute approximate surface area is 121 Å². The van der Waals surface area contributed by atoms with Crippen LogP contribution in [0.2, 0.25) is 0 Å². The molecular formula is C14H14N2OS2. The Morgan fingerprint density at radius 2 is 2.11 bits per heavy atom. The Bertz CT molecular complexity index is 619. The zero-order chi connectivity index (χ0) is 13.8. The van der Waals surface area contributed by atoms with Crippen molar-refractivity contribution in [3.05, 3.63) is 51.7 Å². The standard InChI is InChI=1S/C14H14N2OS2/c1-2-9-7-8-19-12(9)14(17)16-11-6-4-3-5-10(11)13(15)18/h3-8H,2H2,1H3,(H2,15,18)(H,16,17). The Morgan fingerprint density at radius 1 is 1.37 bits per heavy atom. The van der Waals surface area contributed by atoms with Crippen LogP contribution < -0.4 is 11.1 Å². The van der Waals surface area contributed by atoms with Crippen molar-refractivity contribution in [2.24, 2.45) is 5.73 Å². The van der Waals surface area contributed by atoms with E-state index in [0.717, 1.165) is 16.9 Å². The molecule has 0 radical (unpaired) electrons. The largest absolute Gasteiger partial charge is 0.389 e. The summed E-state index contributed by atoms with van der Waals surface area (Å²) in [6, 6.07) is 9.25. The van der Waals surface area contributed by atoms with E-state index in [-0.39, 0.29) is 10.9 Å². The lowest BCUT2D eigenvalue weighted by molar-refractivity contribution is 0.103. The van der Waals surface area contributed by atoms with E-state index in [2.05, 4.69) is 5.32 Å². The van der Waals surface area contributed by atoms with E-state index in [0.29, 0.717) is 11.3 Å². The molecule has 19 heavy (non-hydrogen) atoms. The van der Waals surface area contributed by atoms with Gasteiger partial charge in [0.25, 0.3) is 5.91 Å². The van der Waals surface area contributed by atoms with E-state index in [1.807, 2.05) is 30.5 Å². The number of para-hydroxylation sites is 1. The molecule has 1 heterocycles. The molecule has 0 aliphatic heterocycles. The Hall–Kier alpha value is -1.72. The number of nitrogens with one attached hydrogen (secondary N) is 1. The van der Waals surface area contributed by atoms with Crippen LogP contribution >= 0.6 is 23.6 Å². The van der Waals surface area contributed by atoms with Crippen LogP contribution in [-0.4, -0.2) is 10.9 Å². The fourth-order valence-corrected chi connectivity index (χ4v) is 2.87. The first-order chi connectivity index (χ1) is 9.13. The minimum absolute atomic E-state index is 0.115. The van der Waals surface area contributed by atoms with Crippen LogP contribution in [0.4, 0.5) is 5.69 Å². The molecule has 1 amide bonds. The van der Waals surface area contributed by atoms with Gasteiger partial charge in [-0.2, -0.15) is 0 Å². The number of anilines is 1. The zero-order valence-electron chi connectivity index (χ0n) is 10.5. The lowest BCUT2D eigenvalue weighted by Gasteiger charge is -2.09. The zero-order valence-corrected chi connectivity index (χ0v) is 12.1. The SMILES string of the molecule is CCc1ccsc1C(=O)Nc1ccccc1C(N)=S. The van der Waals surface area contributed by atoms with Gasteiger partial charge in [0.2, 0.25) is 0 Å². The molecule has 2 aromatic rings. The molecule has 2 rings (SSSR count). The van der Waals surface area contributed by atoms with E-state index < -0.39 is 0 Å². The highest BCUT2D eigenvalue weighted by Gasteiger charge is 2.14. The molecule has 0 aliphatic carbocycles. The van der Waals surface area contributed by atoms with Gasteiger partial charge in [-0.1, -0.05) is 31.3 Å². The quantitative estimate of drug-likeness (QED) is 0.850. The predicted octanol–water partition coefficient (Wildman–Crippen LogP) is 3.20. The number of carbonyl (C=O) groups excluding carboxylic acids is 1. The molecule has 0 aliphatic rings. The van der Waals surface area contributed by atoms with E-state index >= 15 is 0 Å². The fraction of sp³-hybridized carbons (Fsp3) is 0.143. The number of benzene rings is 1. The molecule has 0 bridgehead atoms. The maximum atomic E-state index is 12.2. The second-order valence-electron chi connectivity index (χ2n) is 3.99. The number of amides is 1. The lowest BCUT2D eigenvalue weighted by atomic mass is 10.1. The van der Waals surface area contributed by atoms with Crippen LogP contribution in [0.1, 0.15) is 27.7 Å². The van der Waals surface area contributed by atoms with Crippen molar-refractivity contribution < 1.29 is 4.79 Å². The summed E-state index contributed by atoms with van der Waals surface area (Å²) in [7, 11) is 0. The summed E-state index contributed by atoms with van der Waals surface area (Å²) in [5.41, 5.74) is 8.03. The van der Waals surface area contributed by atoms with E-state index in [1.54, 1.807) is 12.1 Å². The maximum Gasteiger partial charge on any atom is 0.266 e. The van der Waals surface area contributed by atoms with E-state index in [1.165, 1.54) is 11.3 Å². The topological polar surface area (TPSA) is 55.1 Å². The molecule has 0 unspecified atom stereocenters. The average Bonchev–Trinajstić information content (AvgIpc) is 2.87. The van der Waals surface area contributed by atoms with Gasteiger partial charge in [0.05, 0.1) is 10.6 Å². The van der Waals surface area contributed by atoms with Crippen LogP contribution in [0, 0.1) is 0 Å². The fourth-order valence-electron chi connectivity index (χ4n) is 1.80. The van der Waals surface area contributed by atoms with Crippen LogP contribution in [0.25, 0.3) is 0 Å². The summed E-state index contributed by atoms with van der Waals surface area (Å²) in [6.45, 7) is 2.03. The van der Waals surface area contributed by atoms with Gasteiger partial charge >= 0.3 is 0 Å². The Kier molecular flexibility index (Phi) is 4.29. The number of aryl methyl sites for hydroxylation is 1. The third-order valence-corrected chi connectivity index (χ3v) is 3.95. The second kappa shape index (κ2) is 5.95. The molecule has 0 saturated heterocycles. The van der Waals surface area contributed by atoms with Gasteiger partial charge in [-0.05, 0) is 35.6 Å². The number of nitrogens with two attached hydrogens (primary N) is 1. The van der Waals surface area contributed by atoms with Crippen molar-refractivity contribution in [3.63, 3.8) is 0 Å². The van der Waals surface area contributed by atoms with Gasteiger partial charge in [0.1, 0.15) is 4.99 Å². The third kappa shape index (κ3) is 3.00. The van der Waals surface area contributed by atoms with Gasteiger partial charge in [-0.3, -0.25) is 4.79 Å². The molecule has 0 saturated carbocycles. The molecule has 3 N–H and O–H groups in total. The number of rotatable bonds is 4. The van der Waals surface area contributed by atoms with Crippen molar-refractivity contribution in [2.45, 2.75) is 13.3 Å². The van der Waals surface area contributed by atoms with E-state index in [9.17, 15) is 4.79 Å². The number of carbonyl (C=O) groups is 1. The van der Waals surface area contributed by atoms with Crippen molar-refractivity contribution in [1.29, 1.82) is 0 Å². The number of hydrogen-bond acceptors (Lipinski definition) is 3. The van der Waals surface area contributed by atoms with E-state index in [4.69, 9.17) is 18.0 Å². The number of hydrogen-bond donors (Lipinski definition) is 2. The molecular weight excluding hydrogens is 276 g/mol. The monoisotopic (exact) mass is 290 g/mol. The van der Waals surface area contributed by atoms with Crippen molar-refractivity contribution in [3.8, 4) is 0 Å². The third-order valence-electron chi connectivity index (χ3n) is 2.77. The highest BCUT2D eigenvalue weighted by Crippen LogP contribution is 2.21. The normalized spacial score (nSPS) is 10.2. The Morgan fingerprint density at radius 3 is 2.79 bits per heavy atom. The first-order valence-corrected chi connectivity index (χ1v) is 7.18. The van der Waals surface area contributed by atoms with Crippen molar-refractivity contribution in [1.82, 2.24) is 0 Å². The van der Waals surface area contributed by atoms with Gasteiger partial charge < -0.3 is 11.1 Å². The first-order valence-electron chi connectivity index (χ1n) is 5.90. The summed E-state index contributed by atoms with van der Waals surface area (Å²) in [6.07, 6.45) is 0.837. The average molecular weight is 290 g/mol. The van der Waals surface area contributed by atoms with Crippen molar-refractivity contribution >= 4 is 40.1 Å². The highest BCUT2D eigenvalue weighted by atomic mass is 32.1. The first kappa shape index (κ1) is 13.7. The smallest absolute Gasteiger partial charge is 0.266 e. The predicted molar refractivity (Wildman–Crippen MR) is 84.0 cm³/mol. The van der Waals surface area contributed by atoms with Gasteiger partial charge in [0, 0.05) is 5.56 Å². The Balaban J connectivity index is 2.27. The summed E-state index contributed by atoms with van der Waals surface area (Å²) < 4.78 is 0. The van der Waals surface area contributed by atoms with Gasteiger partial charge in [-0.15, -0.1) is 11.3 Å². The molecule has 1 aromatic heterocycles. The van der Waals surface area contributed by atoms with Gasteiger partial charge in [0.15, 0.2) is 0 Å². The number of thiocarbonyl (C=S) groups is 1. The molecule has 98 valence electrons. The van der Waals surface area contributed by atoms with Crippen molar-refractivity contribution in [2.75, 3.05) is 5.32 Å². The number of thiophene rings is 1. The second-order valence-corrected chi connectivity index (χ2v) is 5.35. The van der Waals surface area contributed by atoms with Crippen LogP contribution in [0.3, 0.4) is 0 Å². The van der Waals surface area contributed by atoms with Gasteiger partial charge in [-0.25, -0.2) is 0 Å². The minimum atomic E-state index is -0.115. The van der Waals surface area contributed by atoms with Crippen LogP contribution in [-0.2, 0) is 6.42 Å². The summed E-state index contributed by atoms with van der Waals surface area (Å²) >= 11 is 6.42. The maximum absolute atomic E-state index is 12.2. The molecule has 0 atom stereocenters. The highest BCUT2D eigenvalue weighted by molar-refractivity contribution is 7.80. The molecule has 1 aromatic carbocycles. The summed E-state index contributed by atoms with van der Waals surface area (Å²) in [4.78, 5) is 13.3. The molecule has 5 heteroatoms. The van der Waals surface area contributed by atoms with Crippen LogP contribution in [0.5, 0.6) is 0 Å². The molecule has 0 spiro atoms. The molecule has 0 fully saturated rings. The summed E-state index contributed by atoms with van der Waals surface area (Å²) in [5, 5.41) is 4.80. The summed E-state index contributed by atoms with van der Waals surface area (Å²) in [5.74, 6) is -0.115. The van der Waals surface area contributed by atoms with Crippen LogP contribution in [0.15, 0.2) is 35.7 Å². The lowest BCUT2D eigenvalue weighted by Crippen LogP contribution is -2.17. The molecule has 3 nitrogen and oxygen atoms in total. The minimum Gasteiger partial charge on any atom is -0.389 e.